The summed E-state index contributed by atoms with van der Waals surface area (Å²) in [6.45, 7) is 0. The standard InChI is InChI=1S/C18H16BrNO3/c19-14-8-6-13(7-9-14)17-11-15(21)10-16(18(17)20(22)23)12-4-2-1-3-5-12/h1-9,16-18H,10-11H2/t16-,17?,18-/m0/s1. The average molecular weight is 374 g/mol. The second-order valence-electron chi connectivity index (χ2n) is 5.90. The van der Waals surface area contributed by atoms with E-state index in [1.54, 1.807) is 0 Å². The van der Waals surface area contributed by atoms with E-state index >= 15 is 0 Å². The van der Waals surface area contributed by atoms with Gasteiger partial charge in [-0.2, -0.15) is 0 Å². The minimum atomic E-state index is -0.781. The molecule has 2 aromatic carbocycles. The van der Waals surface area contributed by atoms with Crippen LogP contribution in [-0.2, 0) is 4.79 Å². The van der Waals surface area contributed by atoms with Crippen LogP contribution in [0.3, 0.4) is 0 Å². The summed E-state index contributed by atoms with van der Waals surface area (Å²) >= 11 is 3.37. The summed E-state index contributed by atoms with van der Waals surface area (Å²) in [7, 11) is 0. The molecule has 0 saturated heterocycles. The highest BCUT2D eigenvalue weighted by Gasteiger charge is 2.46. The van der Waals surface area contributed by atoms with Gasteiger partial charge in [0.1, 0.15) is 5.78 Å². The zero-order valence-corrected chi connectivity index (χ0v) is 14.0. The largest absolute Gasteiger partial charge is 0.300 e. The molecule has 0 spiro atoms. The van der Waals surface area contributed by atoms with E-state index in [0.29, 0.717) is 0 Å². The van der Waals surface area contributed by atoms with Crippen LogP contribution in [0, 0.1) is 10.1 Å². The number of nitrogens with zero attached hydrogens (tertiary/aromatic N) is 1. The topological polar surface area (TPSA) is 60.2 Å². The molecule has 1 aliphatic rings. The van der Waals surface area contributed by atoms with Gasteiger partial charge < -0.3 is 0 Å². The van der Waals surface area contributed by atoms with E-state index in [-0.39, 0.29) is 35.4 Å². The molecule has 0 amide bonds. The predicted octanol–water partition coefficient (Wildman–Crippen LogP) is 4.32. The minimum Gasteiger partial charge on any atom is -0.300 e. The summed E-state index contributed by atoms with van der Waals surface area (Å²) in [6.07, 6.45) is 0.472. The van der Waals surface area contributed by atoms with Crippen molar-refractivity contribution in [3.63, 3.8) is 0 Å². The zero-order valence-electron chi connectivity index (χ0n) is 12.4. The summed E-state index contributed by atoms with van der Waals surface area (Å²) in [5.41, 5.74) is 1.72. The van der Waals surface area contributed by atoms with Crippen molar-refractivity contribution in [1.29, 1.82) is 0 Å². The lowest BCUT2D eigenvalue weighted by Crippen LogP contribution is -2.40. The Balaban J connectivity index is 2.02. The number of hydrogen-bond acceptors (Lipinski definition) is 3. The molecule has 5 heteroatoms. The second kappa shape index (κ2) is 6.62. The lowest BCUT2D eigenvalue weighted by atomic mass is 9.71. The average Bonchev–Trinajstić information content (AvgIpc) is 2.55. The molecule has 0 aliphatic heterocycles. The van der Waals surface area contributed by atoms with Crippen molar-refractivity contribution >= 4 is 21.7 Å². The number of nitro groups is 1. The Labute approximate surface area is 142 Å². The Hall–Kier alpha value is -2.01. The second-order valence-corrected chi connectivity index (χ2v) is 6.81. The fraction of sp³-hybridized carbons (Fsp3) is 0.278. The van der Waals surface area contributed by atoms with Gasteiger partial charge in [-0.05, 0) is 23.3 Å². The van der Waals surface area contributed by atoms with E-state index in [0.717, 1.165) is 15.6 Å². The van der Waals surface area contributed by atoms with Crippen LogP contribution in [0.2, 0.25) is 0 Å². The Morgan fingerprint density at radius 2 is 1.43 bits per heavy atom. The van der Waals surface area contributed by atoms with Gasteiger partial charge >= 0.3 is 0 Å². The molecule has 0 radical (unpaired) electrons. The van der Waals surface area contributed by atoms with Crippen LogP contribution < -0.4 is 0 Å². The van der Waals surface area contributed by atoms with Gasteiger partial charge in [-0.3, -0.25) is 14.9 Å². The van der Waals surface area contributed by atoms with Crippen LogP contribution in [0.5, 0.6) is 0 Å². The van der Waals surface area contributed by atoms with Gasteiger partial charge in [-0.15, -0.1) is 0 Å². The molecule has 1 fully saturated rings. The molecule has 118 valence electrons. The zero-order chi connectivity index (χ0) is 16.4. The third-order valence-corrected chi connectivity index (χ3v) is 5.02. The van der Waals surface area contributed by atoms with Gasteiger partial charge in [0.2, 0.25) is 6.04 Å². The molecule has 1 aliphatic carbocycles. The van der Waals surface area contributed by atoms with Crippen molar-refractivity contribution < 1.29 is 9.72 Å². The minimum absolute atomic E-state index is 0.0878. The monoisotopic (exact) mass is 373 g/mol. The maximum atomic E-state index is 12.2. The Morgan fingerprint density at radius 1 is 0.913 bits per heavy atom. The summed E-state index contributed by atoms with van der Waals surface area (Å²) < 4.78 is 0.917. The van der Waals surface area contributed by atoms with Crippen molar-refractivity contribution in [2.24, 2.45) is 0 Å². The van der Waals surface area contributed by atoms with Gasteiger partial charge in [0.15, 0.2) is 0 Å². The molecule has 23 heavy (non-hydrogen) atoms. The number of carbonyl (C=O) groups is 1. The van der Waals surface area contributed by atoms with Crippen molar-refractivity contribution in [2.45, 2.75) is 30.7 Å². The Kier molecular flexibility index (Phi) is 4.57. The number of ketones is 1. The smallest absolute Gasteiger partial charge is 0.227 e. The molecule has 0 bridgehead atoms. The highest BCUT2D eigenvalue weighted by molar-refractivity contribution is 9.10. The highest BCUT2D eigenvalue weighted by Crippen LogP contribution is 2.41. The molecule has 0 N–H and O–H groups in total. The fourth-order valence-corrected chi connectivity index (χ4v) is 3.69. The van der Waals surface area contributed by atoms with Crippen molar-refractivity contribution in [3.8, 4) is 0 Å². The molecular weight excluding hydrogens is 358 g/mol. The van der Waals surface area contributed by atoms with E-state index in [4.69, 9.17) is 0 Å². The van der Waals surface area contributed by atoms with Gasteiger partial charge in [-0.1, -0.05) is 58.4 Å². The SMILES string of the molecule is O=C1CC(c2ccc(Br)cc2)[C@@H]([N+](=O)[O-])[C@H](c2ccccc2)C1. The maximum Gasteiger partial charge on any atom is 0.227 e. The van der Waals surface area contributed by atoms with Crippen molar-refractivity contribution in [1.82, 2.24) is 0 Å². The first-order valence-corrected chi connectivity index (χ1v) is 8.31. The Morgan fingerprint density at radius 3 is 1.96 bits per heavy atom. The quantitative estimate of drug-likeness (QED) is 0.594. The molecule has 3 rings (SSSR count). The number of carbonyl (C=O) groups excluding carboxylic acids is 1. The number of Topliss-reactive ketones (excluding diaryl/α,β-unsaturated/α-hetero) is 1. The van der Waals surface area contributed by atoms with Gasteiger partial charge in [0.05, 0.1) is 11.8 Å². The van der Waals surface area contributed by atoms with Crippen molar-refractivity contribution in [3.05, 3.63) is 80.3 Å². The number of halogens is 1. The molecule has 4 nitrogen and oxygen atoms in total. The van der Waals surface area contributed by atoms with E-state index < -0.39 is 6.04 Å². The van der Waals surface area contributed by atoms with E-state index in [2.05, 4.69) is 15.9 Å². The summed E-state index contributed by atoms with van der Waals surface area (Å²) in [4.78, 5) is 23.8. The third-order valence-electron chi connectivity index (χ3n) is 4.49. The van der Waals surface area contributed by atoms with Crippen LogP contribution in [0.4, 0.5) is 0 Å². The van der Waals surface area contributed by atoms with E-state index in [1.165, 1.54) is 0 Å². The first-order chi connectivity index (χ1) is 11.1. The maximum absolute atomic E-state index is 12.2. The molecule has 3 atom stereocenters. The lowest BCUT2D eigenvalue weighted by molar-refractivity contribution is -0.532. The lowest BCUT2D eigenvalue weighted by Gasteiger charge is -2.32. The Bertz CT molecular complexity index is 715. The molecule has 0 heterocycles. The summed E-state index contributed by atoms with van der Waals surface area (Å²) in [5.74, 6) is -0.671. The predicted molar refractivity (Wildman–Crippen MR) is 91.1 cm³/mol. The normalized spacial score (nSPS) is 24.4. The van der Waals surface area contributed by atoms with Gasteiger partial charge in [0, 0.05) is 22.2 Å². The van der Waals surface area contributed by atoms with Crippen molar-refractivity contribution in [2.75, 3.05) is 0 Å². The number of rotatable bonds is 3. The molecule has 0 aromatic heterocycles. The summed E-state index contributed by atoms with van der Waals surface area (Å²) in [5, 5.41) is 11.8. The molecule has 1 saturated carbocycles. The van der Waals surface area contributed by atoms with Crippen LogP contribution in [0.25, 0.3) is 0 Å². The fourth-order valence-electron chi connectivity index (χ4n) is 3.43. The van der Waals surface area contributed by atoms with E-state index in [1.807, 2.05) is 54.6 Å². The van der Waals surface area contributed by atoms with Gasteiger partial charge in [-0.25, -0.2) is 0 Å². The molecule has 2 aromatic rings. The molecular formula is C18H16BrNO3. The van der Waals surface area contributed by atoms with Crippen LogP contribution in [0.15, 0.2) is 59.1 Å². The van der Waals surface area contributed by atoms with Crippen LogP contribution in [-0.4, -0.2) is 16.7 Å². The van der Waals surface area contributed by atoms with Crippen LogP contribution in [0.1, 0.15) is 35.8 Å². The number of hydrogen-bond donors (Lipinski definition) is 0. The number of benzene rings is 2. The summed E-state index contributed by atoms with van der Waals surface area (Å²) in [6, 6.07) is 16.0. The highest BCUT2D eigenvalue weighted by atomic mass is 79.9. The third kappa shape index (κ3) is 3.34. The molecule has 1 unspecified atom stereocenters. The van der Waals surface area contributed by atoms with Gasteiger partial charge in [0.25, 0.3) is 0 Å². The van der Waals surface area contributed by atoms with E-state index in [9.17, 15) is 14.9 Å². The first-order valence-electron chi connectivity index (χ1n) is 7.52. The van der Waals surface area contributed by atoms with Crippen LogP contribution >= 0.6 is 15.9 Å². The first kappa shape index (κ1) is 15.9.